The van der Waals surface area contributed by atoms with Gasteiger partial charge in [0.1, 0.15) is 0 Å². The molecule has 0 spiro atoms. The summed E-state index contributed by atoms with van der Waals surface area (Å²) < 4.78 is 52.5. The molecule has 0 aromatic rings. The molecule has 156 valence electrons. The summed E-state index contributed by atoms with van der Waals surface area (Å²) >= 11 is 0. The summed E-state index contributed by atoms with van der Waals surface area (Å²) in [4.78, 5) is 0. The van der Waals surface area contributed by atoms with E-state index in [0.717, 1.165) is 0 Å². The molecule has 0 radical (unpaired) electrons. The number of nitrogens with zero attached hydrogens (tertiary/aromatic N) is 2. The molecule has 1 aliphatic heterocycles. The van der Waals surface area contributed by atoms with Gasteiger partial charge in [-0.25, -0.2) is 18.5 Å². The molecule has 1 aliphatic rings. The average Bonchev–Trinajstić information content (AvgIpc) is 2.43. The van der Waals surface area contributed by atoms with E-state index in [2.05, 4.69) is 0 Å². The Morgan fingerprint density at radius 2 is 0.731 bits per heavy atom. The standard InChI is InChI=1S/C16H36N2O6P2/c1-13(2)21-25(19,22-14(3)4)17-9-11-18(12-10-17)26(20,23-15(5)6)24-16(7)8/h13-16H,9-12H2,1-8H3. The Hall–Kier alpha value is 0.220. The van der Waals surface area contributed by atoms with Gasteiger partial charge >= 0.3 is 15.5 Å². The molecule has 1 saturated heterocycles. The monoisotopic (exact) mass is 414 g/mol. The second-order valence-corrected chi connectivity index (χ2v) is 11.3. The van der Waals surface area contributed by atoms with Gasteiger partial charge in [-0.05, 0) is 55.4 Å². The van der Waals surface area contributed by atoms with Crippen LogP contribution < -0.4 is 0 Å². The maximum Gasteiger partial charge on any atom is 0.408 e. The van der Waals surface area contributed by atoms with Crippen LogP contribution in [0.3, 0.4) is 0 Å². The first-order valence-corrected chi connectivity index (χ1v) is 12.3. The Morgan fingerprint density at radius 1 is 0.538 bits per heavy atom. The fraction of sp³-hybridized carbons (Fsp3) is 1.00. The van der Waals surface area contributed by atoms with Gasteiger partial charge in [0.05, 0.1) is 24.4 Å². The van der Waals surface area contributed by atoms with Gasteiger partial charge in [0, 0.05) is 26.2 Å². The van der Waals surface area contributed by atoms with Gasteiger partial charge in [0.25, 0.3) is 0 Å². The third-order valence-electron chi connectivity index (χ3n) is 3.30. The van der Waals surface area contributed by atoms with Gasteiger partial charge in [0.2, 0.25) is 0 Å². The highest BCUT2D eigenvalue weighted by atomic mass is 31.2. The third-order valence-corrected chi connectivity index (χ3v) is 8.24. The lowest BCUT2D eigenvalue weighted by atomic mass is 10.4. The summed E-state index contributed by atoms with van der Waals surface area (Å²) in [5.74, 6) is 0. The highest BCUT2D eigenvalue weighted by Gasteiger charge is 2.43. The number of hydrogen-bond acceptors (Lipinski definition) is 6. The van der Waals surface area contributed by atoms with Crippen molar-refractivity contribution in [2.75, 3.05) is 26.2 Å². The van der Waals surface area contributed by atoms with Gasteiger partial charge in [0.15, 0.2) is 0 Å². The van der Waals surface area contributed by atoms with Crippen molar-refractivity contribution in [3.63, 3.8) is 0 Å². The first-order chi connectivity index (χ1) is 11.9. The van der Waals surface area contributed by atoms with Gasteiger partial charge in [-0.1, -0.05) is 0 Å². The summed E-state index contributed by atoms with van der Waals surface area (Å²) in [7, 11) is -6.81. The van der Waals surface area contributed by atoms with E-state index >= 15 is 0 Å². The molecule has 1 heterocycles. The minimum atomic E-state index is -3.41. The van der Waals surface area contributed by atoms with Crippen LogP contribution in [0.4, 0.5) is 0 Å². The molecule has 8 nitrogen and oxygen atoms in total. The molecule has 10 heteroatoms. The van der Waals surface area contributed by atoms with Crippen LogP contribution in [0.25, 0.3) is 0 Å². The van der Waals surface area contributed by atoms with Crippen molar-refractivity contribution in [2.24, 2.45) is 0 Å². The predicted octanol–water partition coefficient (Wildman–Crippen LogP) is 4.52. The summed E-state index contributed by atoms with van der Waals surface area (Å²) in [5, 5.41) is 0. The van der Waals surface area contributed by atoms with Gasteiger partial charge in [-0.3, -0.25) is 18.1 Å². The Morgan fingerprint density at radius 3 is 0.885 bits per heavy atom. The zero-order valence-electron chi connectivity index (χ0n) is 17.4. The van der Waals surface area contributed by atoms with E-state index in [1.807, 2.05) is 55.4 Å². The van der Waals surface area contributed by atoms with Crippen LogP contribution in [0.1, 0.15) is 55.4 Å². The van der Waals surface area contributed by atoms with Crippen molar-refractivity contribution in [3.8, 4) is 0 Å². The van der Waals surface area contributed by atoms with Crippen LogP contribution in [-0.4, -0.2) is 59.9 Å². The summed E-state index contributed by atoms with van der Waals surface area (Å²) in [6.07, 6.45) is -0.899. The van der Waals surface area contributed by atoms with E-state index in [4.69, 9.17) is 18.1 Å². The first-order valence-electron chi connectivity index (χ1n) is 9.32. The smallest absolute Gasteiger partial charge is 0.294 e. The van der Waals surface area contributed by atoms with E-state index in [1.54, 1.807) is 9.34 Å². The molecule has 0 aliphatic carbocycles. The normalized spacial score (nSPS) is 18.6. The van der Waals surface area contributed by atoms with Crippen LogP contribution >= 0.6 is 15.5 Å². The van der Waals surface area contributed by atoms with E-state index in [-0.39, 0.29) is 24.4 Å². The molecule has 0 aromatic carbocycles. The van der Waals surface area contributed by atoms with Crippen molar-refractivity contribution in [1.29, 1.82) is 0 Å². The maximum absolute atomic E-state index is 13.2. The van der Waals surface area contributed by atoms with Gasteiger partial charge in [-0.2, -0.15) is 0 Å². The predicted molar refractivity (Wildman–Crippen MR) is 103 cm³/mol. The Bertz CT molecular complexity index is 445. The quantitative estimate of drug-likeness (QED) is 0.483. The fourth-order valence-corrected chi connectivity index (χ4v) is 6.66. The molecule has 0 unspecified atom stereocenters. The Kier molecular flexibility index (Phi) is 9.45. The van der Waals surface area contributed by atoms with Gasteiger partial charge < -0.3 is 0 Å². The third kappa shape index (κ3) is 7.33. The van der Waals surface area contributed by atoms with Crippen molar-refractivity contribution >= 4 is 15.5 Å². The molecule has 0 atom stereocenters. The van der Waals surface area contributed by atoms with Crippen molar-refractivity contribution in [3.05, 3.63) is 0 Å². The molecular formula is C16H36N2O6P2. The molecule has 0 amide bonds. The fourth-order valence-electron chi connectivity index (χ4n) is 2.56. The molecule has 26 heavy (non-hydrogen) atoms. The number of rotatable bonds is 10. The van der Waals surface area contributed by atoms with Crippen LogP contribution in [0.2, 0.25) is 0 Å². The minimum absolute atomic E-state index is 0.225. The lowest BCUT2D eigenvalue weighted by Crippen LogP contribution is -2.45. The molecule has 0 N–H and O–H groups in total. The average molecular weight is 414 g/mol. The summed E-state index contributed by atoms with van der Waals surface area (Å²) in [5.41, 5.74) is 0. The Labute approximate surface area is 158 Å². The van der Waals surface area contributed by atoms with E-state index in [1.165, 1.54) is 0 Å². The van der Waals surface area contributed by atoms with Gasteiger partial charge in [-0.15, -0.1) is 0 Å². The maximum atomic E-state index is 13.2. The topological polar surface area (TPSA) is 77.5 Å². The summed E-state index contributed by atoms with van der Waals surface area (Å²) in [6.45, 7) is 16.2. The number of hydrogen-bond donors (Lipinski definition) is 0. The number of piperazine rings is 1. The second kappa shape index (κ2) is 10.1. The SMILES string of the molecule is CC(C)OP(=O)(OC(C)C)N1CCN(P(=O)(OC(C)C)OC(C)C)CC1. The molecular weight excluding hydrogens is 378 g/mol. The molecule has 0 saturated carbocycles. The minimum Gasteiger partial charge on any atom is -0.294 e. The zero-order valence-corrected chi connectivity index (χ0v) is 19.2. The molecule has 1 rings (SSSR count). The first kappa shape index (κ1) is 24.3. The van der Waals surface area contributed by atoms with Crippen LogP contribution in [0.15, 0.2) is 0 Å². The van der Waals surface area contributed by atoms with E-state index < -0.39 is 15.5 Å². The second-order valence-electron chi connectivity index (χ2n) is 7.46. The van der Waals surface area contributed by atoms with Crippen LogP contribution in [0.5, 0.6) is 0 Å². The van der Waals surface area contributed by atoms with Crippen LogP contribution in [-0.2, 0) is 27.2 Å². The van der Waals surface area contributed by atoms with Crippen molar-refractivity contribution in [2.45, 2.75) is 79.8 Å². The zero-order chi connectivity index (χ0) is 20.1. The van der Waals surface area contributed by atoms with E-state index in [9.17, 15) is 9.13 Å². The highest BCUT2D eigenvalue weighted by molar-refractivity contribution is 7.51. The lowest BCUT2D eigenvalue weighted by Gasteiger charge is -2.41. The van der Waals surface area contributed by atoms with Crippen LogP contribution in [0, 0.1) is 0 Å². The molecule has 1 fully saturated rings. The highest BCUT2D eigenvalue weighted by Crippen LogP contribution is 2.58. The Balaban J connectivity index is 2.87. The largest absolute Gasteiger partial charge is 0.408 e. The molecule has 0 aromatic heterocycles. The molecule has 0 bridgehead atoms. The lowest BCUT2D eigenvalue weighted by molar-refractivity contribution is 0.0745. The van der Waals surface area contributed by atoms with E-state index in [0.29, 0.717) is 26.2 Å². The summed E-state index contributed by atoms with van der Waals surface area (Å²) in [6, 6.07) is 0. The van der Waals surface area contributed by atoms with Crippen molar-refractivity contribution in [1.82, 2.24) is 9.34 Å². The van der Waals surface area contributed by atoms with Crippen molar-refractivity contribution < 1.29 is 27.2 Å².